The van der Waals surface area contributed by atoms with E-state index >= 15 is 0 Å². The third-order valence-electron chi connectivity index (χ3n) is 2.07. The van der Waals surface area contributed by atoms with Gasteiger partial charge in [0.05, 0.1) is 12.0 Å². The second-order valence-electron chi connectivity index (χ2n) is 3.00. The molecular formula is C10H10BrNO4. The molecule has 0 radical (unpaired) electrons. The number of para-hydroxylation sites is 1. The van der Waals surface area contributed by atoms with Crippen LogP contribution in [0.3, 0.4) is 0 Å². The van der Waals surface area contributed by atoms with Crippen LogP contribution in [0.1, 0.15) is 15.9 Å². The van der Waals surface area contributed by atoms with Crippen LogP contribution >= 0.6 is 15.9 Å². The van der Waals surface area contributed by atoms with E-state index < -0.39 is 10.9 Å². The lowest BCUT2D eigenvalue weighted by Gasteiger charge is -2.05. The van der Waals surface area contributed by atoms with Gasteiger partial charge < -0.3 is 4.74 Å². The Morgan fingerprint density at radius 2 is 2.25 bits per heavy atom. The smallest absolute Gasteiger partial charge is 0.344 e. The molecule has 0 saturated carbocycles. The number of ether oxygens (including phenoxy) is 1. The molecule has 0 aliphatic rings. The van der Waals surface area contributed by atoms with Crippen molar-refractivity contribution in [1.82, 2.24) is 0 Å². The molecule has 6 heteroatoms. The minimum absolute atomic E-state index is 0.00838. The topological polar surface area (TPSA) is 69.4 Å². The summed E-state index contributed by atoms with van der Waals surface area (Å²) in [5.74, 6) is -0.692. The SMILES string of the molecule is COC(=O)c1cccc(CCBr)c1[N+](=O)[O-]. The number of carbonyl (C=O) groups is 1. The fraction of sp³-hybridized carbons (Fsp3) is 0.300. The third-order valence-corrected chi connectivity index (χ3v) is 2.47. The highest BCUT2D eigenvalue weighted by Crippen LogP contribution is 2.25. The fourth-order valence-electron chi connectivity index (χ4n) is 1.39. The number of benzene rings is 1. The Morgan fingerprint density at radius 3 is 2.75 bits per heavy atom. The van der Waals surface area contributed by atoms with Crippen LogP contribution in [0.25, 0.3) is 0 Å². The maximum Gasteiger partial charge on any atom is 0.344 e. The quantitative estimate of drug-likeness (QED) is 0.369. The monoisotopic (exact) mass is 287 g/mol. The molecule has 1 rings (SSSR count). The van der Waals surface area contributed by atoms with Gasteiger partial charge in [0.2, 0.25) is 0 Å². The van der Waals surface area contributed by atoms with Crippen LogP contribution < -0.4 is 0 Å². The zero-order valence-corrected chi connectivity index (χ0v) is 10.2. The van der Waals surface area contributed by atoms with Gasteiger partial charge in [0.15, 0.2) is 0 Å². The van der Waals surface area contributed by atoms with Gasteiger partial charge in [-0.3, -0.25) is 10.1 Å². The molecule has 5 nitrogen and oxygen atoms in total. The van der Waals surface area contributed by atoms with Crippen molar-refractivity contribution in [3.63, 3.8) is 0 Å². The van der Waals surface area contributed by atoms with E-state index in [0.717, 1.165) is 0 Å². The van der Waals surface area contributed by atoms with E-state index in [2.05, 4.69) is 20.7 Å². The number of carbonyl (C=O) groups excluding carboxylic acids is 1. The Bertz CT molecular complexity index is 419. The van der Waals surface area contributed by atoms with Crippen molar-refractivity contribution in [2.75, 3.05) is 12.4 Å². The molecule has 0 saturated heterocycles. The number of hydrogen-bond acceptors (Lipinski definition) is 4. The maximum atomic E-state index is 11.4. The first-order valence-corrected chi connectivity index (χ1v) is 5.64. The molecule has 0 aliphatic carbocycles. The van der Waals surface area contributed by atoms with Crippen molar-refractivity contribution in [3.8, 4) is 0 Å². The van der Waals surface area contributed by atoms with E-state index in [1.807, 2.05) is 0 Å². The van der Waals surface area contributed by atoms with Gasteiger partial charge in [0, 0.05) is 10.9 Å². The number of hydrogen-bond donors (Lipinski definition) is 0. The lowest BCUT2D eigenvalue weighted by Crippen LogP contribution is -2.08. The number of halogens is 1. The molecule has 0 bridgehead atoms. The zero-order valence-electron chi connectivity index (χ0n) is 8.60. The second-order valence-corrected chi connectivity index (χ2v) is 3.79. The van der Waals surface area contributed by atoms with Crippen molar-refractivity contribution in [1.29, 1.82) is 0 Å². The molecule has 0 spiro atoms. The minimum atomic E-state index is -0.692. The molecule has 0 amide bonds. The molecule has 86 valence electrons. The number of nitrogens with zero attached hydrogens (tertiary/aromatic N) is 1. The van der Waals surface area contributed by atoms with Gasteiger partial charge in [-0.25, -0.2) is 4.79 Å². The first-order valence-electron chi connectivity index (χ1n) is 4.52. The lowest BCUT2D eigenvalue weighted by molar-refractivity contribution is -0.385. The number of nitro benzene ring substituents is 1. The van der Waals surface area contributed by atoms with Gasteiger partial charge in [-0.15, -0.1) is 0 Å². The summed E-state index contributed by atoms with van der Waals surface area (Å²) < 4.78 is 4.51. The number of methoxy groups -OCH3 is 1. The Kier molecular flexibility index (Phi) is 4.42. The fourth-order valence-corrected chi connectivity index (χ4v) is 1.81. The summed E-state index contributed by atoms with van der Waals surface area (Å²) in [6.07, 6.45) is 0.487. The standard InChI is InChI=1S/C10H10BrNO4/c1-16-10(13)8-4-2-3-7(5-6-11)9(8)12(14)15/h2-4H,5-6H2,1H3. The highest BCUT2D eigenvalue weighted by Gasteiger charge is 2.24. The largest absolute Gasteiger partial charge is 0.465 e. The van der Waals surface area contributed by atoms with Crippen LogP contribution in [0.2, 0.25) is 0 Å². The maximum absolute atomic E-state index is 11.4. The predicted octanol–water partition coefficient (Wildman–Crippen LogP) is 2.32. The van der Waals surface area contributed by atoms with Crippen LogP contribution in [0, 0.1) is 10.1 Å². The van der Waals surface area contributed by atoms with Crippen molar-refractivity contribution < 1.29 is 14.5 Å². The van der Waals surface area contributed by atoms with Gasteiger partial charge >= 0.3 is 5.97 Å². The molecule has 0 unspecified atom stereocenters. The van der Waals surface area contributed by atoms with Crippen LogP contribution in [0.5, 0.6) is 0 Å². The zero-order chi connectivity index (χ0) is 12.1. The molecule has 1 aromatic rings. The van der Waals surface area contributed by atoms with Crippen LogP contribution in [0.4, 0.5) is 5.69 Å². The first-order chi connectivity index (χ1) is 7.61. The minimum Gasteiger partial charge on any atom is -0.465 e. The normalized spacial score (nSPS) is 9.88. The van der Waals surface area contributed by atoms with Crippen molar-refractivity contribution in [3.05, 3.63) is 39.4 Å². The molecule has 0 heterocycles. The Labute approximate surface area is 101 Å². The Hall–Kier alpha value is -1.43. The van der Waals surface area contributed by atoms with Gasteiger partial charge in [-0.05, 0) is 12.5 Å². The lowest BCUT2D eigenvalue weighted by atomic mass is 10.1. The summed E-state index contributed by atoms with van der Waals surface area (Å²) in [4.78, 5) is 21.7. The second kappa shape index (κ2) is 5.60. The van der Waals surface area contributed by atoms with E-state index in [4.69, 9.17) is 0 Å². The van der Waals surface area contributed by atoms with E-state index in [0.29, 0.717) is 17.3 Å². The first kappa shape index (κ1) is 12.6. The van der Waals surface area contributed by atoms with Gasteiger partial charge in [0.25, 0.3) is 5.69 Å². The van der Waals surface area contributed by atoms with Gasteiger partial charge in [0.1, 0.15) is 5.56 Å². The van der Waals surface area contributed by atoms with E-state index in [-0.39, 0.29) is 11.3 Å². The molecule has 0 fully saturated rings. The molecule has 0 N–H and O–H groups in total. The molecule has 0 aromatic heterocycles. The number of aryl methyl sites for hydroxylation is 1. The Balaban J connectivity index is 3.32. The van der Waals surface area contributed by atoms with E-state index in [9.17, 15) is 14.9 Å². The summed E-state index contributed by atoms with van der Waals surface area (Å²) in [7, 11) is 1.20. The highest BCUT2D eigenvalue weighted by molar-refractivity contribution is 9.09. The van der Waals surface area contributed by atoms with Crippen molar-refractivity contribution in [2.45, 2.75) is 6.42 Å². The molecule has 1 aromatic carbocycles. The number of esters is 1. The Morgan fingerprint density at radius 1 is 1.56 bits per heavy atom. The summed E-state index contributed by atoms with van der Waals surface area (Å²) >= 11 is 3.21. The number of alkyl halides is 1. The predicted molar refractivity (Wildman–Crippen MR) is 61.9 cm³/mol. The summed E-state index contributed by atoms with van der Waals surface area (Å²) in [6, 6.07) is 4.63. The molecule has 0 atom stereocenters. The van der Waals surface area contributed by atoms with Crippen LogP contribution in [-0.4, -0.2) is 23.3 Å². The highest BCUT2D eigenvalue weighted by atomic mass is 79.9. The third kappa shape index (κ3) is 2.57. The van der Waals surface area contributed by atoms with Crippen molar-refractivity contribution in [2.24, 2.45) is 0 Å². The van der Waals surface area contributed by atoms with Crippen LogP contribution in [0.15, 0.2) is 18.2 Å². The number of rotatable bonds is 4. The average Bonchev–Trinajstić information content (AvgIpc) is 2.27. The average molecular weight is 288 g/mol. The van der Waals surface area contributed by atoms with Crippen molar-refractivity contribution >= 4 is 27.6 Å². The summed E-state index contributed by atoms with van der Waals surface area (Å²) in [5, 5.41) is 11.5. The van der Waals surface area contributed by atoms with Gasteiger partial charge in [-0.1, -0.05) is 28.1 Å². The number of nitro groups is 1. The molecule has 0 aliphatic heterocycles. The van der Waals surface area contributed by atoms with E-state index in [1.165, 1.54) is 13.2 Å². The summed E-state index contributed by atoms with van der Waals surface area (Å²) in [6.45, 7) is 0. The van der Waals surface area contributed by atoms with Crippen LogP contribution in [-0.2, 0) is 11.2 Å². The molecular weight excluding hydrogens is 278 g/mol. The summed E-state index contributed by atoms with van der Waals surface area (Å²) in [5.41, 5.74) is 0.338. The molecule has 16 heavy (non-hydrogen) atoms. The van der Waals surface area contributed by atoms with Gasteiger partial charge in [-0.2, -0.15) is 0 Å². The van der Waals surface area contributed by atoms with E-state index in [1.54, 1.807) is 12.1 Å².